The number of fused-ring (bicyclic) bond motifs is 1. The number of hydrogen-bond donors (Lipinski definition) is 2. The summed E-state index contributed by atoms with van der Waals surface area (Å²) in [6.45, 7) is 0.149. The molecule has 0 aromatic heterocycles. The van der Waals surface area contributed by atoms with E-state index >= 15 is 0 Å². The topological polar surface area (TPSA) is 58.6 Å². The summed E-state index contributed by atoms with van der Waals surface area (Å²) in [6.07, 6.45) is 2.36. The molecular formula is C19H20ClNO3. The van der Waals surface area contributed by atoms with Gasteiger partial charge in [0, 0.05) is 0 Å². The quantitative estimate of drug-likeness (QED) is 0.893. The molecular weight excluding hydrogens is 326 g/mol. The van der Waals surface area contributed by atoms with Crippen molar-refractivity contribution in [3.05, 3.63) is 64.2 Å². The molecule has 0 saturated carbocycles. The molecule has 0 bridgehead atoms. The number of aryl methyl sites for hydroxylation is 1. The normalized spacial score (nSPS) is 19.5. The van der Waals surface area contributed by atoms with Gasteiger partial charge in [0.25, 0.3) is 5.91 Å². The minimum Gasteiger partial charge on any atom is -0.497 e. The molecule has 0 saturated heterocycles. The van der Waals surface area contributed by atoms with Gasteiger partial charge in [-0.05, 0) is 54.7 Å². The van der Waals surface area contributed by atoms with Crippen molar-refractivity contribution < 1.29 is 14.6 Å². The van der Waals surface area contributed by atoms with E-state index in [9.17, 15) is 9.90 Å². The van der Waals surface area contributed by atoms with Crippen molar-refractivity contribution in [1.82, 2.24) is 5.32 Å². The van der Waals surface area contributed by atoms with Crippen molar-refractivity contribution in [1.29, 1.82) is 0 Å². The predicted octanol–water partition coefficient (Wildman–Crippen LogP) is 3.30. The van der Waals surface area contributed by atoms with Crippen LogP contribution in [0.3, 0.4) is 0 Å². The van der Waals surface area contributed by atoms with Gasteiger partial charge in [0.1, 0.15) is 11.4 Å². The Morgan fingerprint density at radius 2 is 2.12 bits per heavy atom. The Morgan fingerprint density at radius 1 is 1.33 bits per heavy atom. The van der Waals surface area contributed by atoms with Crippen LogP contribution in [0.2, 0.25) is 5.02 Å². The van der Waals surface area contributed by atoms with Crippen LogP contribution in [0.15, 0.2) is 42.5 Å². The summed E-state index contributed by atoms with van der Waals surface area (Å²) >= 11 is 6.05. The maximum Gasteiger partial charge on any atom is 0.252 e. The number of methoxy groups -OCH3 is 1. The minimum absolute atomic E-state index is 0.149. The van der Waals surface area contributed by atoms with Gasteiger partial charge in [0.2, 0.25) is 0 Å². The van der Waals surface area contributed by atoms with Gasteiger partial charge in [-0.15, -0.1) is 0 Å². The van der Waals surface area contributed by atoms with Crippen LogP contribution in [0.5, 0.6) is 5.75 Å². The van der Waals surface area contributed by atoms with Gasteiger partial charge < -0.3 is 15.2 Å². The summed E-state index contributed by atoms with van der Waals surface area (Å²) in [4.78, 5) is 12.3. The fraction of sp³-hybridized carbons (Fsp3) is 0.316. The van der Waals surface area contributed by atoms with Crippen LogP contribution in [-0.2, 0) is 12.0 Å². The Bertz CT molecular complexity index is 762. The number of aliphatic hydroxyl groups is 1. The summed E-state index contributed by atoms with van der Waals surface area (Å²) in [6, 6.07) is 12.6. The molecule has 1 amide bonds. The first-order chi connectivity index (χ1) is 11.5. The van der Waals surface area contributed by atoms with Crippen LogP contribution in [0.25, 0.3) is 0 Å². The van der Waals surface area contributed by atoms with E-state index in [1.54, 1.807) is 31.4 Å². The number of halogens is 1. The predicted molar refractivity (Wildman–Crippen MR) is 93.6 cm³/mol. The largest absolute Gasteiger partial charge is 0.497 e. The van der Waals surface area contributed by atoms with Crippen molar-refractivity contribution in [2.75, 3.05) is 13.7 Å². The fourth-order valence-electron chi connectivity index (χ4n) is 3.21. The second-order valence-electron chi connectivity index (χ2n) is 6.07. The number of nitrogens with one attached hydrogen (secondary N) is 1. The molecule has 0 fully saturated rings. The molecule has 126 valence electrons. The molecule has 2 aromatic carbocycles. The van der Waals surface area contributed by atoms with Crippen LogP contribution in [0.4, 0.5) is 0 Å². The number of carbonyl (C=O) groups excluding carboxylic acids is 1. The van der Waals surface area contributed by atoms with E-state index in [1.165, 1.54) is 0 Å². The smallest absolute Gasteiger partial charge is 0.252 e. The van der Waals surface area contributed by atoms with Gasteiger partial charge in [0.05, 0.1) is 24.2 Å². The number of benzene rings is 2. The molecule has 5 heteroatoms. The van der Waals surface area contributed by atoms with Crippen molar-refractivity contribution in [3.8, 4) is 5.75 Å². The Labute approximate surface area is 146 Å². The van der Waals surface area contributed by atoms with Gasteiger partial charge in [-0.2, -0.15) is 0 Å². The summed E-state index contributed by atoms with van der Waals surface area (Å²) in [5.74, 6) is 0.493. The molecule has 0 spiro atoms. The first kappa shape index (κ1) is 16.8. The molecule has 1 aliphatic rings. The van der Waals surface area contributed by atoms with Gasteiger partial charge in [0.15, 0.2) is 0 Å². The summed E-state index contributed by atoms with van der Waals surface area (Å²) < 4.78 is 5.25. The average Bonchev–Trinajstić information content (AvgIpc) is 2.60. The lowest BCUT2D eigenvalue weighted by Crippen LogP contribution is -2.43. The highest BCUT2D eigenvalue weighted by Crippen LogP contribution is 2.36. The molecule has 3 rings (SSSR count). The second kappa shape index (κ2) is 6.83. The second-order valence-corrected chi connectivity index (χ2v) is 6.48. The Hall–Kier alpha value is -2.04. The van der Waals surface area contributed by atoms with E-state index in [1.807, 2.05) is 18.2 Å². The lowest BCUT2D eigenvalue weighted by molar-refractivity contribution is 0.0189. The number of rotatable bonds is 4. The van der Waals surface area contributed by atoms with Crippen LogP contribution < -0.4 is 10.1 Å². The van der Waals surface area contributed by atoms with Gasteiger partial charge in [-0.25, -0.2) is 0 Å². The molecule has 0 aliphatic heterocycles. The van der Waals surface area contributed by atoms with E-state index in [2.05, 4.69) is 5.32 Å². The van der Waals surface area contributed by atoms with E-state index < -0.39 is 5.60 Å². The van der Waals surface area contributed by atoms with Gasteiger partial charge in [-0.3, -0.25) is 4.79 Å². The SMILES string of the molecule is COc1ccc2c(c1)CCC[C@@]2(O)CNC(=O)c1ccccc1Cl. The molecule has 24 heavy (non-hydrogen) atoms. The minimum atomic E-state index is -1.07. The number of ether oxygens (including phenoxy) is 1. The lowest BCUT2D eigenvalue weighted by atomic mass is 9.79. The molecule has 0 unspecified atom stereocenters. The van der Waals surface area contributed by atoms with Crippen LogP contribution in [-0.4, -0.2) is 24.7 Å². The Balaban J connectivity index is 1.78. The zero-order chi connectivity index (χ0) is 17.2. The molecule has 2 N–H and O–H groups in total. The maximum atomic E-state index is 12.3. The van der Waals surface area contributed by atoms with Crippen LogP contribution in [0, 0.1) is 0 Å². The highest BCUT2D eigenvalue weighted by Gasteiger charge is 2.35. The summed E-state index contributed by atoms with van der Waals surface area (Å²) in [5.41, 5.74) is 1.26. The molecule has 1 aliphatic carbocycles. The van der Waals surface area contributed by atoms with Crippen LogP contribution >= 0.6 is 11.6 Å². The third-order valence-electron chi connectivity index (χ3n) is 4.51. The third-order valence-corrected chi connectivity index (χ3v) is 4.84. The third kappa shape index (κ3) is 3.25. The zero-order valence-corrected chi connectivity index (χ0v) is 14.3. The fourth-order valence-corrected chi connectivity index (χ4v) is 3.44. The van der Waals surface area contributed by atoms with Crippen molar-refractivity contribution in [2.45, 2.75) is 24.9 Å². The van der Waals surface area contributed by atoms with Gasteiger partial charge >= 0.3 is 0 Å². The van der Waals surface area contributed by atoms with E-state index in [0.29, 0.717) is 17.0 Å². The average molecular weight is 346 g/mol. The summed E-state index contributed by atoms with van der Waals surface area (Å²) in [7, 11) is 1.63. The van der Waals surface area contributed by atoms with E-state index in [0.717, 1.165) is 29.7 Å². The molecule has 4 nitrogen and oxygen atoms in total. The summed E-state index contributed by atoms with van der Waals surface area (Å²) in [5, 5.41) is 14.3. The van der Waals surface area contributed by atoms with Crippen molar-refractivity contribution >= 4 is 17.5 Å². The molecule has 0 heterocycles. The van der Waals surface area contributed by atoms with Gasteiger partial charge in [-0.1, -0.05) is 29.8 Å². The molecule has 0 radical (unpaired) electrons. The highest BCUT2D eigenvalue weighted by molar-refractivity contribution is 6.33. The molecule has 1 atom stereocenters. The monoisotopic (exact) mass is 345 g/mol. The first-order valence-corrected chi connectivity index (χ1v) is 8.34. The molecule has 2 aromatic rings. The number of amides is 1. The standard InChI is InChI=1S/C19H20ClNO3/c1-24-14-8-9-16-13(11-14)5-4-10-19(16,23)12-21-18(22)15-6-2-3-7-17(15)20/h2-3,6-9,11,23H,4-5,10,12H2,1H3,(H,21,22)/t19-/m1/s1. The number of hydrogen-bond acceptors (Lipinski definition) is 3. The van der Waals surface area contributed by atoms with Crippen molar-refractivity contribution in [2.24, 2.45) is 0 Å². The van der Waals surface area contributed by atoms with Crippen LogP contribution in [0.1, 0.15) is 34.3 Å². The van der Waals surface area contributed by atoms with E-state index in [4.69, 9.17) is 16.3 Å². The lowest BCUT2D eigenvalue weighted by Gasteiger charge is -2.35. The van der Waals surface area contributed by atoms with Crippen molar-refractivity contribution in [3.63, 3.8) is 0 Å². The Morgan fingerprint density at radius 3 is 2.88 bits per heavy atom. The Kier molecular flexibility index (Phi) is 4.78. The highest BCUT2D eigenvalue weighted by atomic mass is 35.5. The zero-order valence-electron chi connectivity index (χ0n) is 13.5. The van der Waals surface area contributed by atoms with E-state index in [-0.39, 0.29) is 12.5 Å². The maximum absolute atomic E-state index is 12.3. The number of carbonyl (C=O) groups is 1. The first-order valence-electron chi connectivity index (χ1n) is 7.96.